The maximum Gasteiger partial charge on any atom is 0.337 e. The van der Waals surface area contributed by atoms with Crippen molar-refractivity contribution in [2.45, 2.75) is 6.92 Å². The molecule has 0 fully saturated rings. The molecule has 6 nitrogen and oxygen atoms in total. The molecule has 0 amide bonds. The standard InChI is InChI=1S/C16H12ClFN4O2/c1-7-4-8(17)5-9(13(7)18)14-10(15(23)24)6-12(21-14)11-2-3-20-16(19)22-11/h2-6,21H,1H3,(H,23,24)(H2,19,20,22). The van der Waals surface area contributed by atoms with Crippen LogP contribution in [0.1, 0.15) is 15.9 Å². The molecule has 3 aromatic rings. The fourth-order valence-electron chi connectivity index (χ4n) is 2.40. The van der Waals surface area contributed by atoms with Crippen LogP contribution in [-0.4, -0.2) is 26.0 Å². The Hall–Kier alpha value is -2.93. The van der Waals surface area contributed by atoms with Gasteiger partial charge in [-0.25, -0.2) is 19.2 Å². The molecule has 0 spiro atoms. The highest BCUT2D eigenvalue weighted by atomic mass is 35.5. The topological polar surface area (TPSA) is 105 Å². The van der Waals surface area contributed by atoms with Crippen molar-refractivity contribution in [2.24, 2.45) is 0 Å². The van der Waals surface area contributed by atoms with E-state index >= 15 is 0 Å². The van der Waals surface area contributed by atoms with Crippen LogP contribution in [0, 0.1) is 12.7 Å². The molecule has 122 valence electrons. The first-order valence-electron chi connectivity index (χ1n) is 6.88. The normalized spacial score (nSPS) is 10.8. The molecule has 0 saturated heterocycles. The number of aromatic carboxylic acids is 1. The number of halogens is 2. The number of hydrogen-bond acceptors (Lipinski definition) is 4. The van der Waals surface area contributed by atoms with Crippen molar-refractivity contribution < 1.29 is 14.3 Å². The molecule has 0 bridgehead atoms. The zero-order valence-corrected chi connectivity index (χ0v) is 13.2. The SMILES string of the molecule is Cc1cc(Cl)cc(-c2[nH]c(-c3ccnc(N)n3)cc2C(=O)O)c1F. The molecule has 0 unspecified atom stereocenters. The van der Waals surface area contributed by atoms with E-state index in [2.05, 4.69) is 15.0 Å². The molecule has 0 aliphatic carbocycles. The van der Waals surface area contributed by atoms with E-state index in [0.717, 1.165) is 0 Å². The number of aromatic amines is 1. The van der Waals surface area contributed by atoms with Crippen molar-refractivity contribution >= 4 is 23.5 Å². The molecular formula is C16H12ClFN4O2. The van der Waals surface area contributed by atoms with Gasteiger partial charge in [0.2, 0.25) is 5.95 Å². The van der Waals surface area contributed by atoms with E-state index in [-0.39, 0.29) is 22.8 Å². The number of anilines is 1. The summed E-state index contributed by atoms with van der Waals surface area (Å²) in [5, 5.41) is 9.75. The van der Waals surface area contributed by atoms with Gasteiger partial charge < -0.3 is 15.8 Å². The molecule has 8 heteroatoms. The lowest BCUT2D eigenvalue weighted by Gasteiger charge is -2.07. The Morgan fingerprint density at radius 2 is 2.12 bits per heavy atom. The maximum absolute atomic E-state index is 14.5. The summed E-state index contributed by atoms with van der Waals surface area (Å²) < 4.78 is 14.5. The smallest absolute Gasteiger partial charge is 0.337 e. The monoisotopic (exact) mass is 346 g/mol. The summed E-state index contributed by atoms with van der Waals surface area (Å²) in [6.07, 6.45) is 1.45. The molecule has 0 radical (unpaired) electrons. The van der Waals surface area contributed by atoms with Gasteiger partial charge in [-0.05, 0) is 36.8 Å². The molecule has 0 saturated carbocycles. The van der Waals surface area contributed by atoms with Gasteiger partial charge in [0.25, 0.3) is 0 Å². The predicted molar refractivity (Wildman–Crippen MR) is 88.3 cm³/mol. The Labute approximate surface area is 141 Å². The van der Waals surface area contributed by atoms with Crippen molar-refractivity contribution in [3.8, 4) is 22.6 Å². The van der Waals surface area contributed by atoms with E-state index < -0.39 is 11.8 Å². The second-order valence-electron chi connectivity index (χ2n) is 5.16. The molecule has 3 rings (SSSR count). The first-order valence-corrected chi connectivity index (χ1v) is 7.26. The summed E-state index contributed by atoms with van der Waals surface area (Å²) in [6, 6.07) is 5.78. The molecule has 0 aliphatic heterocycles. The Morgan fingerprint density at radius 3 is 2.79 bits per heavy atom. The van der Waals surface area contributed by atoms with Gasteiger partial charge in [0.1, 0.15) is 5.82 Å². The predicted octanol–water partition coefficient (Wildman–Crippen LogP) is 3.52. The number of rotatable bonds is 3. The van der Waals surface area contributed by atoms with Gasteiger partial charge in [-0.2, -0.15) is 0 Å². The van der Waals surface area contributed by atoms with Crippen LogP contribution >= 0.6 is 11.6 Å². The number of nitrogens with two attached hydrogens (primary N) is 1. The van der Waals surface area contributed by atoms with Gasteiger partial charge in [-0.3, -0.25) is 0 Å². The summed E-state index contributed by atoms with van der Waals surface area (Å²) >= 11 is 5.98. The van der Waals surface area contributed by atoms with Crippen LogP contribution in [0.3, 0.4) is 0 Å². The van der Waals surface area contributed by atoms with Crippen molar-refractivity contribution in [3.05, 3.63) is 52.4 Å². The minimum absolute atomic E-state index is 0.0466. The summed E-state index contributed by atoms with van der Waals surface area (Å²) in [7, 11) is 0. The van der Waals surface area contributed by atoms with Crippen molar-refractivity contribution in [1.82, 2.24) is 15.0 Å². The molecule has 1 aromatic carbocycles. The van der Waals surface area contributed by atoms with Crippen LogP contribution in [0.25, 0.3) is 22.6 Å². The number of nitrogens with zero attached hydrogens (tertiary/aromatic N) is 2. The van der Waals surface area contributed by atoms with Crippen LogP contribution in [0.4, 0.5) is 10.3 Å². The molecule has 0 atom stereocenters. The van der Waals surface area contributed by atoms with E-state index in [1.54, 1.807) is 13.0 Å². The quantitative estimate of drug-likeness (QED) is 0.673. The Bertz CT molecular complexity index is 955. The number of aromatic nitrogens is 3. The third-order valence-corrected chi connectivity index (χ3v) is 3.71. The average molecular weight is 347 g/mol. The maximum atomic E-state index is 14.5. The van der Waals surface area contributed by atoms with Crippen LogP contribution in [0.15, 0.2) is 30.5 Å². The van der Waals surface area contributed by atoms with Gasteiger partial charge in [-0.1, -0.05) is 11.6 Å². The van der Waals surface area contributed by atoms with Gasteiger partial charge in [0.15, 0.2) is 0 Å². The Balaban J connectivity index is 2.24. The molecule has 24 heavy (non-hydrogen) atoms. The van der Waals surface area contributed by atoms with Gasteiger partial charge in [-0.15, -0.1) is 0 Å². The van der Waals surface area contributed by atoms with Crippen molar-refractivity contribution in [1.29, 1.82) is 0 Å². The fraction of sp³-hybridized carbons (Fsp3) is 0.0625. The van der Waals surface area contributed by atoms with Crippen LogP contribution in [0.2, 0.25) is 5.02 Å². The summed E-state index contributed by atoms with van der Waals surface area (Å²) in [6.45, 7) is 1.56. The number of carbonyl (C=O) groups is 1. The average Bonchev–Trinajstić information content (AvgIpc) is 2.96. The third kappa shape index (κ3) is 2.81. The van der Waals surface area contributed by atoms with Crippen LogP contribution < -0.4 is 5.73 Å². The second-order valence-corrected chi connectivity index (χ2v) is 5.60. The van der Waals surface area contributed by atoms with E-state index in [0.29, 0.717) is 22.0 Å². The van der Waals surface area contributed by atoms with Gasteiger partial charge >= 0.3 is 5.97 Å². The summed E-state index contributed by atoms with van der Waals surface area (Å²) in [4.78, 5) is 22.3. The van der Waals surface area contributed by atoms with Crippen LogP contribution in [0.5, 0.6) is 0 Å². The number of aryl methyl sites for hydroxylation is 1. The largest absolute Gasteiger partial charge is 0.478 e. The Morgan fingerprint density at radius 1 is 1.38 bits per heavy atom. The number of benzene rings is 1. The molecule has 0 aliphatic rings. The van der Waals surface area contributed by atoms with Gasteiger partial charge in [0.05, 0.1) is 22.6 Å². The highest BCUT2D eigenvalue weighted by Crippen LogP contribution is 2.33. The Kier molecular flexibility index (Phi) is 3.94. The number of nitrogens with one attached hydrogen (secondary N) is 1. The zero-order valence-electron chi connectivity index (χ0n) is 12.5. The molecule has 4 N–H and O–H groups in total. The first-order chi connectivity index (χ1) is 11.4. The number of carboxylic acids is 1. The minimum Gasteiger partial charge on any atom is -0.478 e. The van der Waals surface area contributed by atoms with Crippen molar-refractivity contribution in [3.63, 3.8) is 0 Å². The fourth-order valence-corrected chi connectivity index (χ4v) is 2.68. The van der Waals surface area contributed by atoms with Crippen LogP contribution in [-0.2, 0) is 0 Å². The molecule has 2 aromatic heterocycles. The minimum atomic E-state index is -1.20. The molecular weight excluding hydrogens is 335 g/mol. The molecule has 2 heterocycles. The van der Waals surface area contributed by atoms with Crippen molar-refractivity contribution in [2.75, 3.05) is 5.73 Å². The lowest BCUT2D eigenvalue weighted by molar-refractivity contribution is 0.0698. The van der Waals surface area contributed by atoms with E-state index in [4.69, 9.17) is 17.3 Å². The number of carboxylic acid groups (broad SMARTS) is 1. The van der Waals surface area contributed by atoms with E-state index in [1.807, 2.05) is 0 Å². The van der Waals surface area contributed by atoms with E-state index in [9.17, 15) is 14.3 Å². The summed E-state index contributed by atoms with van der Waals surface area (Å²) in [5.74, 6) is -1.70. The number of nitrogen functional groups attached to an aromatic ring is 1. The lowest BCUT2D eigenvalue weighted by Crippen LogP contribution is -1.99. The highest BCUT2D eigenvalue weighted by Gasteiger charge is 2.21. The van der Waals surface area contributed by atoms with E-state index in [1.165, 1.54) is 24.4 Å². The van der Waals surface area contributed by atoms with Gasteiger partial charge in [0, 0.05) is 16.8 Å². The highest BCUT2D eigenvalue weighted by molar-refractivity contribution is 6.31. The summed E-state index contributed by atoms with van der Waals surface area (Å²) in [5.41, 5.74) is 6.73. The second kappa shape index (κ2) is 5.93. The number of hydrogen-bond donors (Lipinski definition) is 3. The zero-order chi connectivity index (χ0) is 17.4. The third-order valence-electron chi connectivity index (χ3n) is 3.49. The first kappa shape index (κ1) is 15.9. The number of H-pyrrole nitrogens is 1. The lowest BCUT2D eigenvalue weighted by atomic mass is 10.0.